The SMILES string of the molecule is Cc1nn(C2CCN(C(=O)OC(C)(C)C)CC2)cc1Nc1ccc2c3c(cccc13)C(=O)N2. The molecule has 0 atom stereocenters. The zero-order chi connectivity index (χ0) is 23.3. The second-order valence-corrected chi connectivity index (χ2v) is 9.77. The summed E-state index contributed by atoms with van der Waals surface area (Å²) in [7, 11) is 0. The minimum atomic E-state index is -0.487. The molecule has 3 heterocycles. The fourth-order valence-corrected chi connectivity index (χ4v) is 4.57. The molecule has 0 saturated carbocycles. The number of anilines is 3. The molecule has 8 heteroatoms. The van der Waals surface area contributed by atoms with Gasteiger partial charge >= 0.3 is 6.09 Å². The van der Waals surface area contributed by atoms with Crippen molar-refractivity contribution in [2.45, 2.75) is 52.2 Å². The van der Waals surface area contributed by atoms with Crippen LogP contribution in [0.15, 0.2) is 36.5 Å². The molecule has 1 aromatic heterocycles. The number of aromatic nitrogens is 2. The highest BCUT2D eigenvalue weighted by Crippen LogP contribution is 2.38. The minimum absolute atomic E-state index is 0.0607. The summed E-state index contributed by atoms with van der Waals surface area (Å²) >= 11 is 0. The van der Waals surface area contributed by atoms with Crippen molar-refractivity contribution >= 4 is 39.8 Å². The molecule has 2 aliphatic heterocycles. The second kappa shape index (κ2) is 7.79. The van der Waals surface area contributed by atoms with Crippen LogP contribution in [0.4, 0.5) is 21.9 Å². The van der Waals surface area contributed by atoms with Gasteiger partial charge in [-0.2, -0.15) is 5.10 Å². The van der Waals surface area contributed by atoms with E-state index in [2.05, 4.69) is 10.6 Å². The summed E-state index contributed by atoms with van der Waals surface area (Å²) in [5, 5.41) is 13.1. The predicted molar refractivity (Wildman–Crippen MR) is 128 cm³/mol. The van der Waals surface area contributed by atoms with Crippen LogP contribution in [0.3, 0.4) is 0 Å². The van der Waals surface area contributed by atoms with E-state index in [1.807, 2.05) is 68.9 Å². The third kappa shape index (κ3) is 4.01. The van der Waals surface area contributed by atoms with Crippen molar-refractivity contribution in [2.24, 2.45) is 0 Å². The molecular weight excluding hydrogens is 418 g/mol. The number of likely N-dealkylation sites (tertiary alicyclic amines) is 1. The molecular formula is C25H29N5O3. The summed E-state index contributed by atoms with van der Waals surface area (Å²) in [6, 6.07) is 9.94. The Morgan fingerprint density at radius 1 is 1.15 bits per heavy atom. The molecule has 0 spiro atoms. The van der Waals surface area contributed by atoms with Crippen LogP contribution in [-0.2, 0) is 4.74 Å². The highest BCUT2D eigenvalue weighted by Gasteiger charge is 2.28. The van der Waals surface area contributed by atoms with E-state index in [0.717, 1.165) is 46.4 Å². The van der Waals surface area contributed by atoms with Crippen molar-refractivity contribution in [2.75, 3.05) is 23.7 Å². The molecule has 5 rings (SSSR count). The van der Waals surface area contributed by atoms with Gasteiger partial charge in [0.25, 0.3) is 5.91 Å². The lowest BCUT2D eigenvalue weighted by Gasteiger charge is -2.33. The Hall–Kier alpha value is -3.55. The molecule has 2 N–H and O–H groups in total. The third-order valence-corrected chi connectivity index (χ3v) is 6.21. The number of benzene rings is 2. The zero-order valence-corrected chi connectivity index (χ0v) is 19.4. The average molecular weight is 448 g/mol. The fraction of sp³-hybridized carbons (Fsp3) is 0.400. The number of rotatable bonds is 3. The summed E-state index contributed by atoms with van der Waals surface area (Å²) in [6.45, 7) is 8.94. The second-order valence-electron chi connectivity index (χ2n) is 9.77. The van der Waals surface area contributed by atoms with Gasteiger partial charge in [-0.3, -0.25) is 9.48 Å². The largest absolute Gasteiger partial charge is 0.444 e. The third-order valence-electron chi connectivity index (χ3n) is 6.21. The van der Waals surface area contributed by atoms with E-state index in [1.165, 1.54) is 0 Å². The molecule has 3 aromatic rings. The van der Waals surface area contributed by atoms with Gasteiger partial charge < -0.3 is 20.3 Å². The maximum atomic E-state index is 12.3. The Kier molecular flexibility index (Phi) is 5.03. The number of amides is 2. The highest BCUT2D eigenvalue weighted by atomic mass is 16.6. The number of ether oxygens (including phenoxy) is 1. The fourth-order valence-electron chi connectivity index (χ4n) is 4.57. The van der Waals surface area contributed by atoms with Crippen molar-refractivity contribution < 1.29 is 14.3 Å². The minimum Gasteiger partial charge on any atom is -0.444 e. The molecule has 172 valence electrons. The molecule has 8 nitrogen and oxygen atoms in total. The van der Waals surface area contributed by atoms with Gasteiger partial charge in [0.05, 0.1) is 17.4 Å². The lowest BCUT2D eigenvalue weighted by Crippen LogP contribution is -2.42. The molecule has 2 aliphatic rings. The number of nitrogens with zero attached hydrogens (tertiary/aromatic N) is 3. The molecule has 0 unspecified atom stereocenters. The van der Waals surface area contributed by atoms with Gasteiger partial charge in [0.1, 0.15) is 5.60 Å². The van der Waals surface area contributed by atoms with E-state index in [9.17, 15) is 9.59 Å². The van der Waals surface area contributed by atoms with E-state index in [1.54, 1.807) is 4.90 Å². The van der Waals surface area contributed by atoms with E-state index in [4.69, 9.17) is 9.84 Å². The van der Waals surface area contributed by atoms with E-state index in [0.29, 0.717) is 18.7 Å². The smallest absolute Gasteiger partial charge is 0.410 e. The van der Waals surface area contributed by atoms with Gasteiger partial charge in [0.2, 0.25) is 0 Å². The van der Waals surface area contributed by atoms with Crippen LogP contribution in [0, 0.1) is 6.92 Å². The molecule has 2 amide bonds. The zero-order valence-electron chi connectivity index (χ0n) is 19.4. The molecule has 0 bridgehead atoms. The molecule has 2 aromatic carbocycles. The number of nitrogens with one attached hydrogen (secondary N) is 2. The first-order valence-corrected chi connectivity index (χ1v) is 11.4. The van der Waals surface area contributed by atoms with Crippen LogP contribution in [0.5, 0.6) is 0 Å². The van der Waals surface area contributed by atoms with Crippen LogP contribution in [0.25, 0.3) is 10.8 Å². The summed E-state index contributed by atoms with van der Waals surface area (Å²) in [6.07, 6.45) is 3.44. The summed E-state index contributed by atoms with van der Waals surface area (Å²) in [5.41, 5.74) is 3.84. The van der Waals surface area contributed by atoms with Crippen molar-refractivity contribution in [1.82, 2.24) is 14.7 Å². The first-order chi connectivity index (χ1) is 15.7. The Labute approximate surface area is 192 Å². The molecule has 0 radical (unpaired) electrons. The Morgan fingerprint density at radius 2 is 1.91 bits per heavy atom. The van der Waals surface area contributed by atoms with Gasteiger partial charge in [-0.05, 0) is 58.7 Å². The van der Waals surface area contributed by atoms with Crippen molar-refractivity contribution in [3.8, 4) is 0 Å². The first-order valence-electron chi connectivity index (χ1n) is 11.4. The summed E-state index contributed by atoms with van der Waals surface area (Å²) in [5.74, 6) is -0.0607. The van der Waals surface area contributed by atoms with E-state index >= 15 is 0 Å². The van der Waals surface area contributed by atoms with Gasteiger partial charge in [0.15, 0.2) is 0 Å². The summed E-state index contributed by atoms with van der Waals surface area (Å²) < 4.78 is 7.51. The standard InChI is InChI=1S/C25H29N5O3/c1-15-21(26-19-8-9-20-22-17(19)6-5-7-18(22)23(31)27-20)14-30(28-15)16-10-12-29(13-11-16)24(32)33-25(2,3)4/h5-9,14,16,26H,10-13H2,1-4H3,(H,27,31). The molecule has 1 fully saturated rings. The number of aryl methyl sites for hydroxylation is 1. The van der Waals surface area contributed by atoms with E-state index < -0.39 is 5.60 Å². The van der Waals surface area contributed by atoms with Crippen LogP contribution >= 0.6 is 0 Å². The topological polar surface area (TPSA) is 88.5 Å². The lowest BCUT2D eigenvalue weighted by atomic mass is 10.0. The van der Waals surface area contributed by atoms with Crippen LogP contribution in [-0.4, -0.2) is 45.4 Å². The Balaban J connectivity index is 1.32. The van der Waals surface area contributed by atoms with Gasteiger partial charge in [-0.25, -0.2) is 4.79 Å². The molecule has 1 saturated heterocycles. The van der Waals surface area contributed by atoms with Crippen LogP contribution in [0.1, 0.15) is 55.7 Å². The normalized spacial score (nSPS) is 16.2. The maximum Gasteiger partial charge on any atom is 0.410 e. The molecule has 0 aliphatic carbocycles. The first kappa shape index (κ1) is 21.3. The van der Waals surface area contributed by atoms with Crippen LogP contribution < -0.4 is 10.6 Å². The van der Waals surface area contributed by atoms with Gasteiger partial charge in [-0.15, -0.1) is 0 Å². The monoisotopic (exact) mass is 447 g/mol. The maximum absolute atomic E-state index is 12.3. The Morgan fingerprint density at radius 3 is 2.64 bits per heavy atom. The summed E-state index contributed by atoms with van der Waals surface area (Å²) in [4.78, 5) is 26.3. The average Bonchev–Trinajstić information content (AvgIpc) is 3.30. The van der Waals surface area contributed by atoms with Gasteiger partial charge in [0, 0.05) is 47.0 Å². The van der Waals surface area contributed by atoms with Crippen molar-refractivity contribution in [1.29, 1.82) is 0 Å². The van der Waals surface area contributed by atoms with Crippen LogP contribution in [0.2, 0.25) is 0 Å². The van der Waals surface area contributed by atoms with Crippen molar-refractivity contribution in [3.05, 3.63) is 47.8 Å². The van der Waals surface area contributed by atoms with Gasteiger partial charge in [-0.1, -0.05) is 12.1 Å². The number of carbonyl (C=O) groups excluding carboxylic acids is 2. The predicted octanol–water partition coefficient (Wildman–Crippen LogP) is 5.23. The number of hydrogen-bond acceptors (Lipinski definition) is 5. The highest BCUT2D eigenvalue weighted by molar-refractivity contribution is 6.25. The number of carbonyl (C=O) groups is 2. The quantitative estimate of drug-likeness (QED) is 0.574. The van der Waals surface area contributed by atoms with Crippen molar-refractivity contribution in [3.63, 3.8) is 0 Å². The van der Waals surface area contributed by atoms with E-state index in [-0.39, 0.29) is 18.0 Å². The molecule has 33 heavy (non-hydrogen) atoms. The number of hydrogen-bond donors (Lipinski definition) is 2. The lowest BCUT2D eigenvalue weighted by molar-refractivity contribution is 0.0184. The number of piperidine rings is 1. The Bertz CT molecular complexity index is 1250.